The van der Waals surface area contributed by atoms with E-state index in [9.17, 15) is 13.2 Å². The number of allylic oxidation sites excluding steroid dienone is 1. The van der Waals surface area contributed by atoms with E-state index in [2.05, 4.69) is 0 Å². The van der Waals surface area contributed by atoms with Crippen LogP contribution in [0.5, 0.6) is 0 Å². The van der Waals surface area contributed by atoms with Crippen LogP contribution in [0.15, 0.2) is 41.3 Å². The molecule has 0 spiro atoms. The van der Waals surface area contributed by atoms with Gasteiger partial charge in [0.1, 0.15) is 0 Å². The van der Waals surface area contributed by atoms with Crippen LogP contribution in [0.25, 0.3) is 0 Å². The maximum atomic E-state index is 12.3. The van der Waals surface area contributed by atoms with Crippen molar-refractivity contribution in [2.24, 2.45) is 0 Å². The van der Waals surface area contributed by atoms with Crippen molar-refractivity contribution in [3.8, 4) is 0 Å². The SMILES string of the molecule is Cc1ccc(S(=O)(=O)N2CCCC=CC2=O)cc1. The highest BCUT2D eigenvalue weighted by Crippen LogP contribution is 2.19. The van der Waals surface area contributed by atoms with Gasteiger partial charge in [0.25, 0.3) is 15.9 Å². The molecular weight excluding hydrogens is 250 g/mol. The third-order valence-corrected chi connectivity index (χ3v) is 4.66. The fourth-order valence-corrected chi connectivity index (χ4v) is 3.21. The van der Waals surface area contributed by atoms with Gasteiger partial charge in [0.05, 0.1) is 4.90 Å². The molecule has 0 saturated heterocycles. The minimum atomic E-state index is -3.72. The topological polar surface area (TPSA) is 54.5 Å². The highest BCUT2D eigenvalue weighted by Gasteiger charge is 2.28. The number of hydrogen-bond acceptors (Lipinski definition) is 3. The second-order valence-corrected chi connectivity index (χ2v) is 6.14. The maximum Gasteiger partial charge on any atom is 0.266 e. The maximum absolute atomic E-state index is 12.3. The van der Waals surface area contributed by atoms with Gasteiger partial charge in [-0.05, 0) is 31.9 Å². The van der Waals surface area contributed by atoms with E-state index in [0.29, 0.717) is 6.42 Å². The van der Waals surface area contributed by atoms with Gasteiger partial charge >= 0.3 is 0 Å². The van der Waals surface area contributed by atoms with Crippen LogP contribution in [0.1, 0.15) is 18.4 Å². The van der Waals surface area contributed by atoms with E-state index in [1.54, 1.807) is 18.2 Å². The van der Waals surface area contributed by atoms with Crippen molar-refractivity contribution in [2.75, 3.05) is 6.54 Å². The highest BCUT2D eigenvalue weighted by atomic mass is 32.2. The number of hydrogen-bond donors (Lipinski definition) is 0. The smallest absolute Gasteiger partial charge is 0.266 e. The zero-order chi connectivity index (χ0) is 13.2. The zero-order valence-corrected chi connectivity index (χ0v) is 11.0. The Morgan fingerprint density at radius 2 is 1.83 bits per heavy atom. The third kappa shape index (κ3) is 2.46. The average molecular weight is 265 g/mol. The fraction of sp³-hybridized carbons (Fsp3) is 0.308. The molecule has 5 heteroatoms. The lowest BCUT2D eigenvalue weighted by atomic mass is 10.2. The summed E-state index contributed by atoms with van der Waals surface area (Å²) in [5.74, 6) is -0.465. The minimum absolute atomic E-state index is 0.164. The lowest BCUT2D eigenvalue weighted by Crippen LogP contribution is -2.35. The summed E-state index contributed by atoms with van der Waals surface area (Å²) in [6, 6.07) is 6.52. The number of carbonyl (C=O) groups excluding carboxylic acids is 1. The van der Waals surface area contributed by atoms with Gasteiger partial charge in [0, 0.05) is 12.6 Å². The van der Waals surface area contributed by atoms with Crippen LogP contribution in [0, 0.1) is 6.92 Å². The Hall–Kier alpha value is -1.62. The summed E-state index contributed by atoms with van der Waals surface area (Å²) in [7, 11) is -3.72. The first-order chi connectivity index (χ1) is 8.51. The summed E-state index contributed by atoms with van der Waals surface area (Å²) in [5.41, 5.74) is 0.982. The molecule has 0 N–H and O–H groups in total. The Labute approximate surface area is 107 Å². The molecule has 96 valence electrons. The summed E-state index contributed by atoms with van der Waals surface area (Å²) < 4.78 is 25.6. The molecule has 1 aromatic rings. The summed E-state index contributed by atoms with van der Waals surface area (Å²) in [5, 5.41) is 0. The molecule has 18 heavy (non-hydrogen) atoms. The predicted octanol–water partition coefficient (Wildman–Crippen LogP) is 1.86. The first-order valence-corrected chi connectivity index (χ1v) is 7.26. The molecule has 0 unspecified atom stereocenters. The van der Waals surface area contributed by atoms with Gasteiger partial charge in [-0.25, -0.2) is 12.7 Å². The molecular formula is C13H15NO3S. The number of aryl methyl sites for hydroxylation is 1. The molecule has 1 aromatic carbocycles. The van der Waals surface area contributed by atoms with Crippen LogP contribution in [-0.2, 0) is 14.8 Å². The second kappa shape index (κ2) is 4.94. The standard InChI is InChI=1S/C13H15NO3S/c1-11-6-8-12(9-7-11)18(16,17)14-10-4-2-3-5-13(14)15/h3,5-9H,2,4,10H2,1H3. The Balaban J connectivity index is 2.38. The van der Waals surface area contributed by atoms with Crippen molar-refractivity contribution < 1.29 is 13.2 Å². The highest BCUT2D eigenvalue weighted by molar-refractivity contribution is 7.89. The van der Waals surface area contributed by atoms with Crippen molar-refractivity contribution in [2.45, 2.75) is 24.7 Å². The number of carbonyl (C=O) groups is 1. The van der Waals surface area contributed by atoms with Crippen LogP contribution >= 0.6 is 0 Å². The normalized spacial score (nSPS) is 16.7. The lowest BCUT2D eigenvalue weighted by Gasteiger charge is -2.19. The molecule has 1 heterocycles. The minimum Gasteiger partial charge on any atom is -0.269 e. The second-order valence-electron chi connectivity index (χ2n) is 4.27. The van der Waals surface area contributed by atoms with E-state index >= 15 is 0 Å². The number of amides is 1. The number of nitrogens with zero attached hydrogens (tertiary/aromatic N) is 1. The fourth-order valence-electron chi connectivity index (χ4n) is 1.81. The molecule has 4 nitrogen and oxygen atoms in total. The zero-order valence-electron chi connectivity index (χ0n) is 10.2. The van der Waals surface area contributed by atoms with Crippen molar-refractivity contribution in [1.82, 2.24) is 4.31 Å². The predicted molar refractivity (Wildman–Crippen MR) is 68.5 cm³/mol. The molecule has 0 aliphatic carbocycles. The summed E-state index contributed by atoms with van der Waals surface area (Å²) in [6.45, 7) is 2.12. The summed E-state index contributed by atoms with van der Waals surface area (Å²) in [6.07, 6.45) is 4.44. The number of benzene rings is 1. The molecule has 0 radical (unpaired) electrons. The van der Waals surface area contributed by atoms with Crippen LogP contribution < -0.4 is 0 Å². The molecule has 0 atom stereocenters. The Kier molecular flexibility index (Phi) is 3.52. The van der Waals surface area contributed by atoms with E-state index in [4.69, 9.17) is 0 Å². The van der Waals surface area contributed by atoms with Crippen LogP contribution in [0.2, 0.25) is 0 Å². The van der Waals surface area contributed by atoms with E-state index in [1.165, 1.54) is 18.2 Å². The quantitative estimate of drug-likeness (QED) is 0.820. The number of sulfonamides is 1. The van der Waals surface area contributed by atoms with E-state index < -0.39 is 15.9 Å². The summed E-state index contributed by atoms with van der Waals surface area (Å²) >= 11 is 0. The Bertz CT molecular complexity index is 573. The van der Waals surface area contributed by atoms with Gasteiger partial charge in [-0.2, -0.15) is 0 Å². The van der Waals surface area contributed by atoms with Crippen molar-refractivity contribution in [3.05, 3.63) is 42.0 Å². The van der Waals surface area contributed by atoms with Gasteiger partial charge in [-0.3, -0.25) is 4.79 Å². The van der Waals surface area contributed by atoms with Gasteiger partial charge in [-0.1, -0.05) is 23.8 Å². The van der Waals surface area contributed by atoms with Crippen LogP contribution in [-0.4, -0.2) is 25.2 Å². The van der Waals surface area contributed by atoms with Gasteiger partial charge < -0.3 is 0 Å². The van der Waals surface area contributed by atoms with Crippen molar-refractivity contribution in [1.29, 1.82) is 0 Å². The molecule has 0 aromatic heterocycles. The van der Waals surface area contributed by atoms with Gasteiger partial charge in [0.2, 0.25) is 0 Å². The molecule has 0 bridgehead atoms. The van der Waals surface area contributed by atoms with E-state index in [0.717, 1.165) is 16.3 Å². The molecule has 0 fully saturated rings. The Morgan fingerprint density at radius 1 is 1.17 bits per heavy atom. The molecule has 2 rings (SSSR count). The molecule has 0 saturated carbocycles. The monoisotopic (exact) mass is 265 g/mol. The third-order valence-electron chi connectivity index (χ3n) is 2.85. The van der Waals surface area contributed by atoms with E-state index in [-0.39, 0.29) is 11.4 Å². The van der Waals surface area contributed by atoms with E-state index in [1.807, 2.05) is 6.92 Å². The molecule has 1 aliphatic heterocycles. The largest absolute Gasteiger partial charge is 0.269 e. The Morgan fingerprint density at radius 3 is 2.50 bits per heavy atom. The molecule has 1 amide bonds. The molecule has 1 aliphatic rings. The van der Waals surface area contributed by atoms with Gasteiger partial charge in [0.15, 0.2) is 0 Å². The summed E-state index contributed by atoms with van der Waals surface area (Å²) in [4.78, 5) is 11.9. The number of rotatable bonds is 2. The van der Waals surface area contributed by atoms with Crippen LogP contribution in [0.4, 0.5) is 0 Å². The first-order valence-electron chi connectivity index (χ1n) is 5.82. The first kappa shape index (κ1) is 12.8. The van der Waals surface area contributed by atoms with Gasteiger partial charge in [-0.15, -0.1) is 0 Å². The van der Waals surface area contributed by atoms with Crippen molar-refractivity contribution in [3.63, 3.8) is 0 Å². The van der Waals surface area contributed by atoms with Crippen LogP contribution in [0.3, 0.4) is 0 Å². The average Bonchev–Trinajstić information content (AvgIpc) is 2.55. The van der Waals surface area contributed by atoms with Crippen molar-refractivity contribution >= 4 is 15.9 Å². The lowest BCUT2D eigenvalue weighted by molar-refractivity contribution is -0.121.